The predicted octanol–water partition coefficient (Wildman–Crippen LogP) is 1.03. The monoisotopic (exact) mass is 224 g/mol. The number of likely N-dealkylation sites (tertiary alicyclic amines) is 1. The Hall–Kier alpha value is -0.940. The van der Waals surface area contributed by atoms with Gasteiger partial charge in [-0.05, 0) is 26.3 Å². The summed E-state index contributed by atoms with van der Waals surface area (Å²) in [5.74, 6) is 0.786. The highest BCUT2D eigenvalue weighted by Crippen LogP contribution is 2.18. The molecule has 0 aromatic carbocycles. The smallest absolute Gasteiger partial charge is 0.213 e. The van der Waals surface area contributed by atoms with Gasteiger partial charge in [0.05, 0.1) is 6.54 Å². The zero-order valence-electron chi connectivity index (χ0n) is 10.0. The van der Waals surface area contributed by atoms with Crippen LogP contribution >= 0.6 is 0 Å². The summed E-state index contributed by atoms with van der Waals surface area (Å²) >= 11 is 0. The van der Waals surface area contributed by atoms with E-state index in [0.717, 1.165) is 25.5 Å². The van der Waals surface area contributed by atoms with Crippen LogP contribution in [0.1, 0.15) is 32.5 Å². The molecule has 2 rings (SSSR count). The summed E-state index contributed by atoms with van der Waals surface area (Å²) in [4.78, 5) is 6.48. The van der Waals surface area contributed by atoms with Gasteiger partial charge in [0.25, 0.3) is 0 Å². The first-order valence-electron chi connectivity index (χ1n) is 6.02. The van der Waals surface area contributed by atoms with Gasteiger partial charge >= 0.3 is 0 Å². The van der Waals surface area contributed by atoms with Gasteiger partial charge in [0.2, 0.25) is 6.39 Å². The molecule has 0 amide bonds. The van der Waals surface area contributed by atoms with Crippen LogP contribution < -0.4 is 5.32 Å². The van der Waals surface area contributed by atoms with Gasteiger partial charge in [0.1, 0.15) is 0 Å². The van der Waals surface area contributed by atoms with Gasteiger partial charge in [-0.1, -0.05) is 12.1 Å². The van der Waals surface area contributed by atoms with Crippen LogP contribution in [0.3, 0.4) is 0 Å². The van der Waals surface area contributed by atoms with Crippen molar-refractivity contribution in [2.75, 3.05) is 13.1 Å². The highest BCUT2D eigenvalue weighted by Gasteiger charge is 2.25. The molecule has 2 atom stereocenters. The molecular weight excluding hydrogens is 204 g/mol. The van der Waals surface area contributed by atoms with E-state index in [0.29, 0.717) is 12.1 Å². The lowest BCUT2D eigenvalue weighted by atomic mass is 9.98. The molecule has 1 aliphatic rings. The van der Waals surface area contributed by atoms with E-state index in [2.05, 4.69) is 34.2 Å². The molecule has 90 valence electrons. The second-order valence-electron chi connectivity index (χ2n) is 4.45. The Balaban J connectivity index is 1.84. The van der Waals surface area contributed by atoms with E-state index in [1.54, 1.807) is 0 Å². The van der Waals surface area contributed by atoms with Crippen molar-refractivity contribution in [2.45, 2.75) is 45.3 Å². The number of piperidine rings is 1. The average molecular weight is 224 g/mol. The lowest BCUT2D eigenvalue weighted by Gasteiger charge is -2.37. The third kappa shape index (κ3) is 2.80. The fraction of sp³-hybridized carbons (Fsp3) is 0.818. The Morgan fingerprint density at radius 3 is 3.12 bits per heavy atom. The van der Waals surface area contributed by atoms with Crippen molar-refractivity contribution in [3.8, 4) is 0 Å². The third-order valence-corrected chi connectivity index (χ3v) is 3.26. The van der Waals surface area contributed by atoms with Crippen LogP contribution in [-0.2, 0) is 6.54 Å². The van der Waals surface area contributed by atoms with Crippen molar-refractivity contribution in [1.29, 1.82) is 0 Å². The molecule has 1 aromatic heterocycles. The van der Waals surface area contributed by atoms with E-state index < -0.39 is 0 Å². The Kier molecular flexibility index (Phi) is 3.90. The number of aromatic nitrogens is 2. The molecule has 2 unspecified atom stereocenters. The number of nitrogens with zero attached hydrogens (tertiary/aromatic N) is 3. The zero-order valence-corrected chi connectivity index (χ0v) is 10.0. The molecule has 2 heterocycles. The summed E-state index contributed by atoms with van der Waals surface area (Å²) in [6, 6.07) is 1.25. The van der Waals surface area contributed by atoms with E-state index in [1.165, 1.54) is 19.2 Å². The molecular formula is C11H20N4O. The summed E-state index contributed by atoms with van der Waals surface area (Å²) in [6.07, 6.45) is 3.80. The minimum atomic E-state index is 0.580. The molecule has 0 aliphatic carbocycles. The highest BCUT2D eigenvalue weighted by molar-refractivity contribution is 4.86. The summed E-state index contributed by atoms with van der Waals surface area (Å²) < 4.78 is 4.75. The first-order valence-corrected chi connectivity index (χ1v) is 6.02. The molecule has 0 spiro atoms. The Bertz CT molecular complexity index is 301. The van der Waals surface area contributed by atoms with Gasteiger partial charge in [-0.25, -0.2) is 0 Å². The minimum absolute atomic E-state index is 0.580. The molecule has 16 heavy (non-hydrogen) atoms. The maximum absolute atomic E-state index is 4.75. The Morgan fingerprint density at radius 2 is 2.50 bits per heavy atom. The molecule has 5 nitrogen and oxygen atoms in total. The van der Waals surface area contributed by atoms with Crippen molar-refractivity contribution < 1.29 is 4.52 Å². The maximum Gasteiger partial charge on any atom is 0.213 e. The standard InChI is InChI=1S/C11H20N4O/c1-3-12-10-4-5-15(9(2)6-10)7-11-13-8-16-14-11/h8-10,12H,3-7H2,1-2H3. The molecule has 5 heteroatoms. The fourth-order valence-electron chi connectivity index (χ4n) is 2.37. The summed E-state index contributed by atoms with van der Waals surface area (Å²) in [5, 5.41) is 7.37. The van der Waals surface area contributed by atoms with Crippen molar-refractivity contribution in [1.82, 2.24) is 20.4 Å². The first-order chi connectivity index (χ1) is 7.79. The molecule has 1 N–H and O–H groups in total. The molecule has 0 radical (unpaired) electrons. The normalized spacial score (nSPS) is 27.1. The van der Waals surface area contributed by atoms with Crippen LogP contribution in [0.5, 0.6) is 0 Å². The molecule has 1 aromatic rings. The lowest BCUT2D eigenvalue weighted by Crippen LogP contribution is -2.47. The van der Waals surface area contributed by atoms with Gasteiger partial charge in [0, 0.05) is 18.6 Å². The zero-order chi connectivity index (χ0) is 11.4. The Labute approximate surface area is 96.2 Å². The van der Waals surface area contributed by atoms with Crippen LogP contribution in [0, 0.1) is 0 Å². The number of nitrogens with one attached hydrogen (secondary N) is 1. The van der Waals surface area contributed by atoms with Crippen molar-refractivity contribution in [2.24, 2.45) is 0 Å². The highest BCUT2D eigenvalue weighted by atomic mass is 16.5. The molecule has 0 saturated carbocycles. The van der Waals surface area contributed by atoms with Crippen LogP contribution in [0.2, 0.25) is 0 Å². The predicted molar refractivity (Wildman–Crippen MR) is 60.9 cm³/mol. The Morgan fingerprint density at radius 1 is 1.62 bits per heavy atom. The van der Waals surface area contributed by atoms with E-state index in [-0.39, 0.29) is 0 Å². The third-order valence-electron chi connectivity index (χ3n) is 3.26. The molecule has 1 fully saturated rings. The average Bonchev–Trinajstić information content (AvgIpc) is 2.75. The maximum atomic E-state index is 4.75. The second-order valence-corrected chi connectivity index (χ2v) is 4.45. The summed E-state index contributed by atoms with van der Waals surface area (Å²) in [6.45, 7) is 7.39. The van der Waals surface area contributed by atoms with Gasteiger partial charge in [-0.2, -0.15) is 4.98 Å². The minimum Gasteiger partial charge on any atom is -0.343 e. The number of rotatable bonds is 4. The van der Waals surface area contributed by atoms with Crippen LogP contribution in [-0.4, -0.2) is 40.2 Å². The topological polar surface area (TPSA) is 54.2 Å². The van der Waals surface area contributed by atoms with Crippen LogP contribution in [0.25, 0.3) is 0 Å². The molecule has 0 bridgehead atoms. The van der Waals surface area contributed by atoms with E-state index in [1.807, 2.05) is 0 Å². The van der Waals surface area contributed by atoms with Gasteiger partial charge in [0.15, 0.2) is 5.82 Å². The molecule has 1 saturated heterocycles. The van der Waals surface area contributed by atoms with E-state index in [9.17, 15) is 0 Å². The number of hydrogen-bond acceptors (Lipinski definition) is 5. The largest absolute Gasteiger partial charge is 0.343 e. The SMILES string of the molecule is CCNC1CCN(Cc2ncon2)C(C)C1. The number of hydrogen-bond donors (Lipinski definition) is 1. The van der Waals surface area contributed by atoms with Gasteiger partial charge in [-0.15, -0.1) is 0 Å². The van der Waals surface area contributed by atoms with Crippen LogP contribution in [0.4, 0.5) is 0 Å². The lowest BCUT2D eigenvalue weighted by molar-refractivity contribution is 0.125. The van der Waals surface area contributed by atoms with E-state index >= 15 is 0 Å². The van der Waals surface area contributed by atoms with Gasteiger partial charge in [-0.3, -0.25) is 4.90 Å². The summed E-state index contributed by atoms with van der Waals surface area (Å²) in [7, 11) is 0. The van der Waals surface area contributed by atoms with Crippen molar-refractivity contribution in [3.05, 3.63) is 12.2 Å². The molecule has 1 aliphatic heterocycles. The fourth-order valence-corrected chi connectivity index (χ4v) is 2.37. The van der Waals surface area contributed by atoms with Crippen molar-refractivity contribution in [3.63, 3.8) is 0 Å². The summed E-state index contributed by atoms with van der Waals surface area (Å²) in [5.41, 5.74) is 0. The van der Waals surface area contributed by atoms with Crippen molar-refractivity contribution >= 4 is 0 Å². The first kappa shape index (κ1) is 11.5. The van der Waals surface area contributed by atoms with Gasteiger partial charge < -0.3 is 9.84 Å². The van der Waals surface area contributed by atoms with Crippen LogP contribution in [0.15, 0.2) is 10.9 Å². The second kappa shape index (κ2) is 5.41. The van der Waals surface area contributed by atoms with E-state index in [4.69, 9.17) is 4.52 Å². The quantitative estimate of drug-likeness (QED) is 0.828.